The molecule has 1 aromatic heterocycles. The fourth-order valence-corrected chi connectivity index (χ4v) is 5.32. The third-order valence-electron chi connectivity index (χ3n) is 7.22. The van der Waals surface area contributed by atoms with Crippen LogP contribution < -0.4 is 0 Å². The molecular weight excluding hydrogens is 434 g/mol. The van der Waals surface area contributed by atoms with Crippen molar-refractivity contribution in [3.63, 3.8) is 0 Å². The van der Waals surface area contributed by atoms with E-state index >= 15 is 0 Å². The highest BCUT2D eigenvalue weighted by Gasteiger charge is 2.16. The van der Waals surface area contributed by atoms with Crippen LogP contribution in [0.5, 0.6) is 0 Å². The summed E-state index contributed by atoms with van der Waals surface area (Å²) >= 11 is 0. The Morgan fingerprint density at radius 1 is 0.556 bits per heavy atom. The van der Waals surface area contributed by atoms with Crippen LogP contribution in [0.25, 0.3) is 49.7 Å². The molecule has 0 aliphatic carbocycles. The third kappa shape index (κ3) is 4.22. The van der Waals surface area contributed by atoms with Crippen molar-refractivity contribution < 1.29 is 0 Å². The van der Waals surface area contributed by atoms with Crippen molar-refractivity contribution in [3.05, 3.63) is 127 Å². The average Bonchev–Trinajstić information content (AvgIpc) is 3.33. The number of aromatic nitrogens is 1. The van der Waals surface area contributed by atoms with Crippen LogP contribution in [-0.4, -0.2) is 4.57 Å². The molecule has 0 aliphatic heterocycles. The highest BCUT2D eigenvalue weighted by atomic mass is 15.0. The van der Waals surface area contributed by atoms with Gasteiger partial charge in [-0.2, -0.15) is 0 Å². The van der Waals surface area contributed by atoms with Crippen LogP contribution in [0.3, 0.4) is 0 Å². The molecule has 1 heterocycles. The molecule has 0 N–H and O–H groups in total. The van der Waals surface area contributed by atoms with Gasteiger partial charge in [-0.1, -0.05) is 117 Å². The van der Waals surface area contributed by atoms with Gasteiger partial charge in [0.15, 0.2) is 0 Å². The second-order valence-electron chi connectivity index (χ2n) is 9.66. The van der Waals surface area contributed by atoms with Crippen molar-refractivity contribution in [1.82, 2.24) is 4.57 Å². The molecule has 0 amide bonds. The largest absolute Gasteiger partial charge is 0.309 e. The molecule has 6 rings (SSSR count). The van der Waals surface area contributed by atoms with E-state index in [9.17, 15) is 0 Å². The first-order chi connectivity index (χ1) is 17.8. The van der Waals surface area contributed by atoms with Gasteiger partial charge in [-0.3, -0.25) is 0 Å². The van der Waals surface area contributed by atoms with Crippen molar-refractivity contribution >= 4 is 21.7 Å². The average molecular weight is 466 g/mol. The van der Waals surface area contributed by atoms with Crippen molar-refractivity contribution in [3.8, 4) is 28.1 Å². The van der Waals surface area contributed by atoms with Gasteiger partial charge in [-0.25, -0.2) is 0 Å². The lowest BCUT2D eigenvalue weighted by molar-refractivity contribution is 0.717. The van der Waals surface area contributed by atoms with Crippen molar-refractivity contribution in [2.45, 2.75) is 32.6 Å². The highest BCUT2D eigenvalue weighted by molar-refractivity contribution is 5.98. The van der Waals surface area contributed by atoms with Crippen molar-refractivity contribution in [1.29, 1.82) is 0 Å². The van der Waals surface area contributed by atoms with Gasteiger partial charge in [0.1, 0.15) is 0 Å². The Morgan fingerprint density at radius 2 is 1.28 bits per heavy atom. The summed E-state index contributed by atoms with van der Waals surface area (Å²) in [5, 5.41) is 3.77. The standard InChI is InChI=1S/C35H31N/c1-2-3-5-12-26-19-21-27(22-20-26)31-23-29-15-8-10-17-32(29)35(25-31)36-33-18-11-9-16-30(33)24-34(36)28-13-6-4-7-14-28/h4,6-11,13-25H,2-3,5,12H2,1H3. The lowest BCUT2D eigenvalue weighted by Crippen LogP contribution is -1.99. The number of hydrogen-bond donors (Lipinski definition) is 0. The number of benzene rings is 5. The summed E-state index contributed by atoms with van der Waals surface area (Å²) in [7, 11) is 0. The maximum atomic E-state index is 2.44. The second kappa shape index (κ2) is 9.87. The highest BCUT2D eigenvalue weighted by Crippen LogP contribution is 2.37. The Morgan fingerprint density at radius 3 is 2.08 bits per heavy atom. The maximum absolute atomic E-state index is 2.44. The fraction of sp³-hybridized carbons (Fsp3) is 0.143. The van der Waals surface area contributed by atoms with Gasteiger partial charge < -0.3 is 4.57 Å². The molecule has 0 fully saturated rings. The van der Waals surface area contributed by atoms with Gasteiger partial charge in [0, 0.05) is 10.8 Å². The Balaban J connectivity index is 1.55. The summed E-state index contributed by atoms with van der Waals surface area (Å²) in [6.45, 7) is 2.26. The molecule has 0 radical (unpaired) electrons. The molecule has 5 aromatic carbocycles. The van der Waals surface area contributed by atoms with E-state index in [-0.39, 0.29) is 0 Å². The van der Waals surface area contributed by atoms with Gasteiger partial charge in [0.05, 0.1) is 16.9 Å². The minimum absolute atomic E-state index is 1.16. The van der Waals surface area contributed by atoms with Crippen LogP contribution in [0, 0.1) is 0 Å². The van der Waals surface area contributed by atoms with Crippen LogP contribution in [0.15, 0.2) is 121 Å². The van der Waals surface area contributed by atoms with Crippen molar-refractivity contribution in [2.24, 2.45) is 0 Å². The Labute approximate surface area is 213 Å². The molecule has 0 atom stereocenters. The number of fused-ring (bicyclic) bond motifs is 2. The monoisotopic (exact) mass is 465 g/mol. The topological polar surface area (TPSA) is 4.93 Å². The van der Waals surface area contributed by atoms with E-state index in [1.807, 2.05) is 0 Å². The fourth-order valence-electron chi connectivity index (χ4n) is 5.32. The Hall–Kier alpha value is -4.10. The number of unbranched alkanes of at least 4 members (excludes halogenated alkanes) is 2. The molecule has 0 saturated carbocycles. The van der Waals surface area contributed by atoms with E-state index in [1.54, 1.807) is 0 Å². The lowest BCUT2D eigenvalue weighted by atomic mass is 9.97. The number of aryl methyl sites for hydroxylation is 1. The van der Waals surface area contributed by atoms with Crippen LogP contribution >= 0.6 is 0 Å². The quantitative estimate of drug-likeness (QED) is 0.207. The SMILES string of the molecule is CCCCCc1ccc(-c2cc(-n3c(-c4ccccc4)cc4ccccc43)c3ccccc3c2)cc1. The van der Waals surface area contributed by atoms with Gasteiger partial charge in [-0.15, -0.1) is 0 Å². The van der Waals surface area contributed by atoms with Crippen molar-refractivity contribution in [2.75, 3.05) is 0 Å². The van der Waals surface area contributed by atoms with E-state index in [4.69, 9.17) is 0 Å². The van der Waals surface area contributed by atoms with Crippen LogP contribution in [0.2, 0.25) is 0 Å². The molecular formula is C35H31N. The molecule has 0 unspecified atom stereocenters. The molecule has 176 valence electrons. The maximum Gasteiger partial charge on any atom is 0.0546 e. The van der Waals surface area contributed by atoms with E-state index in [0.29, 0.717) is 0 Å². The Kier molecular flexibility index (Phi) is 6.13. The minimum Gasteiger partial charge on any atom is -0.309 e. The van der Waals surface area contributed by atoms with E-state index in [2.05, 4.69) is 133 Å². The zero-order chi connectivity index (χ0) is 24.3. The molecule has 0 bridgehead atoms. The van der Waals surface area contributed by atoms with Gasteiger partial charge >= 0.3 is 0 Å². The number of para-hydroxylation sites is 1. The van der Waals surface area contributed by atoms with E-state index < -0.39 is 0 Å². The molecule has 6 aromatic rings. The number of rotatable bonds is 7. The lowest BCUT2D eigenvalue weighted by Gasteiger charge is -2.16. The zero-order valence-corrected chi connectivity index (χ0v) is 20.8. The first-order valence-corrected chi connectivity index (χ1v) is 13.1. The summed E-state index contributed by atoms with van der Waals surface area (Å²) < 4.78 is 2.44. The molecule has 1 heteroatoms. The minimum atomic E-state index is 1.16. The summed E-state index contributed by atoms with van der Waals surface area (Å²) in [4.78, 5) is 0. The zero-order valence-electron chi connectivity index (χ0n) is 20.8. The summed E-state index contributed by atoms with van der Waals surface area (Å²) in [6, 6.07) is 44.4. The number of hydrogen-bond acceptors (Lipinski definition) is 0. The normalized spacial score (nSPS) is 11.4. The Bertz CT molecular complexity index is 1620. The predicted octanol–water partition coefficient (Wildman–Crippen LogP) is 9.85. The van der Waals surface area contributed by atoms with Crippen LogP contribution in [-0.2, 0) is 6.42 Å². The molecule has 0 saturated heterocycles. The van der Waals surface area contributed by atoms with E-state index in [0.717, 1.165) is 6.42 Å². The second-order valence-corrected chi connectivity index (χ2v) is 9.66. The summed E-state index contributed by atoms with van der Waals surface area (Å²) in [5.74, 6) is 0. The van der Waals surface area contributed by atoms with Gasteiger partial charge in [0.25, 0.3) is 0 Å². The molecule has 0 aliphatic rings. The molecule has 1 nitrogen and oxygen atoms in total. The summed E-state index contributed by atoms with van der Waals surface area (Å²) in [5.41, 5.74) is 8.82. The van der Waals surface area contributed by atoms with Crippen LogP contribution in [0.1, 0.15) is 31.7 Å². The predicted molar refractivity (Wildman–Crippen MR) is 155 cm³/mol. The number of nitrogens with zero attached hydrogens (tertiary/aromatic N) is 1. The third-order valence-corrected chi connectivity index (χ3v) is 7.22. The molecule has 0 spiro atoms. The summed E-state index contributed by atoms with van der Waals surface area (Å²) in [6.07, 6.45) is 4.98. The van der Waals surface area contributed by atoms with E-state index in [1.165, 1.54) is 74.6 Å². The first-order valence-electron chi connectivity index (χ1n) is 13.1. The first kappa shape index (κ1) is 22.4. The van der Waals surface area contributed by atoms with Gasteiger partial charge in [0.2, 0.25) is 0 Å². The van der Waals surface area contributed by atoms with Gasteiger partial charge in [-0.05, 0) is 64.7 Å². The van der Waals surface area contributed by atoms with Crippen LogP contribution in [0.4, 0.5) is 0 Å². The smallest absolute Gasteiger partial charge is 0.0546 e. The molecule has 36 heavy (non-hydrogen) atoms.